The van der Waals surface area contributed by atoms with E-state index in [0.29, 0.717) is 43.2 Å². The monoisotopic (exact) mass is 614 g/mol. The Bertz CT molecular complexity index is 1860. The zero-order valence-electron chi connectivity index (χ0n) is 24.5. The lowest BCUT2D eigenvalue weighted by atomic mass is 9.83. The number of carbonyl (C=O) groups is 1. The Balaban J connectivity index is 1.36. The quantitative estimate of drug-likeness (QED) is 0.290. The van der Waals surface area contributed by atoms with Gasteiger partial charge < -0.3 is 24.3 Å². The van der Waals surface area contributed by atoms with E-state index in [1.165, 1.54) is 26.4 Å². The van der Waals surface area contributed by atoms with Crippen molar-refractivity contribution in [2.45, 2.75) is 30.3 Å². The van der Waals surface area contributed by atoms with Gasteiger partial charge in [0.15, 0.2) is 0 Å². The van der Waals surface area contributed by atoms with E-state index in [4.69, 9.17) is 9.47 Å². The summed E-state index contributed by atoms with van der Waals surface area (Å²) in [5, 5.41) is 2.92. The van der Waals surface area contributed by atoms with Crippen LogP contribution in [0.15, 0.2) is 94.6 Å². The number of piperidine rings is 1. The summed E-state index contributed by atoms with van der Waals surface area (Å²) in [7, 11) is -1.32. The van der Waals surface area contributed by atoms with Gasteiger partial charge >= 0.3 is 0 Å². The van der Waals surface area contributed by atoms with Crippen molar-refractivity contribution in [1.82, 2.24) is 9.88 Å². The molecule has 0 spiro atoms. The Hall–Kier alpha value is -4.77. The number of ether oxygens (including phenoxy) is 2. The van der Waals surface area contributed by atoms with Gasteiger partial charge in [-0.1, -0.05) is 36.4 Å². The Kier molecular flexibility index (Phi) is 8.05. The molecule has 1 aromatic heterocycles. The summed E-state index contributed by atoms with van der Waals surface area (Å²) in [4.78, 5) is 27.8. The maximum atomic E-state index is 13.9. The molecule has 1 fully saturated rings. The first-order valence-corrected chi connectivity index (χ1v) is 15.9. The minimum Gasteiger partial charge on any atom is -0.497 e. The molecule has 1 amide bonds. The number of fused-ring (bicyclic) bond motifs is 4. The number of nitrogens with zero attached hydrogens (tertiary/aromatic N) is 2. The average Bonchev–Trinajstić information content (AvgIpc) is 3.04. The molecule has 2 atom stereocenters. The van der Waals surface area contributed by atoms with Crippen LogP contribution in [-0.2, 0) is 23.1 Å². The van der Waals surface area contributed by atoms with E-state index < -0.39 is 10.0 Å². The highest BCUT2D eigenvalue weighted by molar-refractivity contribution is 7.92. The summed E-state index contributed by atoms with van der Waals surface area (Å²) < 4.78 is 43.0. The van der Waals surface area contributed by atoms with E-state index in [2.05, 4.69) is 14.9 Å². The number of anilines is 2. The third-order valence-corrected chi connectivity index (χ3v) is 9.67. The highest BCUT2D eigenvalue weighted by atomic mass is 32.2. The number of pyridine rings is 1. The molecule has 2 unspecified atom stereocenters. The van der Waals surface area contributed by atoms with Crippen LogP contribution < -0.4 is 30.0 Å². The van der Waals surface area contributed by atoms with Crippen LogP contribution in [0.1, 0.15) is 34.0 Å². The molecule has 6 rings (SSSR count). The highest BCUT2D eigenvalue weighted by Gasteiger charge is 2.36. The van der Waals surface area contributed by atoms with Gasteiger partial charge in [0.2, 0.25) is 0 Å². The maximum Gasteiger partial charge on any atom is 0.265 e. The van der Waals surface area contributed by atoms with Gasteiger partial charge in [-0.25, -0.2) is 8.42 Å². The molecule has 2 N–H and O–H groups in total. The molecule has 44 heavy (non-hydrogen) atoms. The van der Waals surface area contributed by atoms with E-state index in [9.17, 15) is 18.0 Å². The molecule has 0 aliphatic carbocycles. The van der Waals surface area contributed by atoms with Gasteiger partial charge in [0.25, 0.3) is 21.5 Å². The first-order valence-electron chi connectivity index (χ1n) is 14.4. The molecule has 2 bridgehead atoms. The Labute approximate surface area is 256 Å². The largest absolute Gasteiger partial charge is 0.497 e. The van der Waals surface area contributed by atoms with Crippen LogP contribution in [0.4, 0.5) is 11.4 Å². The van der Waals surface area contributed by atoms with Gasteiger partial charge in [0.1, 0.15) is 16.4 Å². The van der Waals surface area contributed by atoms with Crippen LogP contribution >= 0.6 is 0 Å². The Morgan fingerprint density at radius 2 is 1.73 bits per heavy atom. The Morgan fingerprint density at radius 1 is 0.909 bits per heavy atom. The fraction of sp³-hybridized carbons (Fsp3) is 0.273. The van der Waals surface area contributed by atoms with Crippen LogP contribution in [-0.4, -0.2) is 46.2 Å². The standard InChI is InChI=1S/C33H34N4O6S/c1-42-26-12-14-30(43-2)31(17-26)44(40,41)35-27-16-24(33(39)34-18-22-7-4-3-5-8-22)11-13-29(27)36-19-23-15-25(21-36)28-9-6-10-32(38)37(28)20-23/h3-14,16-17,23,25,35H,15,18-21H2,1-2H3,(H,34,39). The molecule has 3 aromatic carbocycles. The first-order chi connectivity index (χ1) is 21.3. The number of hydrogen-bond acceptors (Lipinski definition) is 7. The van der Waals surface area contributed by atoms with E-state index in [0.717, 1.165) is 17.7 Å². The van der Waals surface area contributed by atoms with Crippen LogP contribution in [0, 0.1) is 5.92 Å². The predicted octanol–water partition coefficient (Wildman–Crippen LogP) is 4.22. The summed E-state index contributed by atoms with van der Waals surface area (Å²) in [5.41, 5.74) is 3.16. The van der Waals surface area contributed by atoms with Gasteiger partial charge in [0.05, 0.1) is 25.6 Å². The minimum absolute atomic E-state index is 0.00259. The number of amides is 1. The SMILES string of the molecule is COc1ccc(OC)c(S(=O)(=O)Nc2cc(C(=O)NCc3ccccc3)ccc2N2CC3CC(C2)c2cccc(=O)n2C3)c1. The molecule has 3 heterocycles. The van der Waals surface area contributed by atoms with Gasteiger partial charge in [0, 0.05) is 55.5 Å². The number of methoxy groups -OCH3 is 2. The molecule has 2 aliphatic heterocycles. The van der Waals surface area contributed by atoms with E-state index in [1.54, 1.807) is 36.4 Å². The number of rotatable bonds is 9. The lowest BCUT2D eigenvalue weighted by Gasteiger charge is -2.44. The molecule has 1 saturated heterocycles. The zero-order chi connectivity index (χ0) is 30.8. The van der Waals surface area contributed by atoms with Crippen molar-refractivity contribution in [1.29, 1.82) is 0 Å². The summed E-state index contributed by atoms with van der Waals surface area (Å²) >= 11 is 0. The van der Waals surface area contributed by atoms with Crippen LogP contribution in [0.3, 0.4) is 0 Å². The topological polar surface area (TPSA) is 119 Å². The lowest BCUT2D eigenvalue weighted by molar-refractivity contribution is 0.0951. The summed E-state index contributed by atoms with van der Waals surface area (Å²) in [6.45, 7) is 2.16. The number of hydrogen-bond donors (Lipinski definition) is 2. The zero-order valence-corrected chi connectivity index (χ0v) is 25.3. The van der Waals surface area contributed by atoms with Crippen molar-refractivity contribution in [2.24, 2.45) is 5.92 Å². The van der Waals surface area contributed by atoms with Crippen molar-refractivity contribution in [2.75, 3.05) is 36.9 Å². The summed E-state index contributed by atoms with van der Waals surface area (Å²) in [5.74, 6) is 0.499. The number of sulfonamides is 1. The minimum atomic E-state index is -4.18. The average molecular weight is 615 g/mol. The second-order valence-electron chi connectivity index (χ2n) is 11.1. The molecule has 11 heteroatoms. The number of benzene rings is 3. The molecule has 0 radical (unpaired) electrons. The van der Waals surface area contributed by atoms with Crippen molar-refractivity contribution in [3.05, 3.63) is 112 Å². The van der Waals surface area contributed by atoms with Crippen molar-refractivity contribution in [3.63, 3.8) is 0 Å². The maximum absolute atomic E-state index is 13.9. The van der Waals surface area contributed by atoms with Gasteiger partial charge in [-0.05, 0) is 54.3 Å². The fourth-order valence-corrected chi connectivity index (χ4v) is 7.45. The second-order valence-corrected chi connectivity index (χ2v) is 12.8. The molecule has 0 saturated carbocycles. The third-order valence-electron chi connectivity index (χ3n) is 8.28. The summed E-state index contributed by atoms with van der Waals surface area (Å²) in [6, 6.07) is 24.5. The predicted molar refractivity (Wildman–Crippen MR) is 168 cm³/mol. The normalized spacial score (nSPS) is 17.4. The first kappa shape index (κ1) is 29.3. The molecule has 228 valence electrons. The van der Waals surface area contributed by atoms with Gasteiger partial charge in [-0.3, -0.25) is 14.3 Å². The smallest absolute Gasteiger partial charge is 0.265 e. The van der Waals surface area contributed by atoms with Crippen LogP contribution in [0.2, 0.25) is 0 Å². The van der Waals surface area contributed by atoms with E-state index in [-0.39, 0.29) is 39.6 Å². The molecule has 2 aliphatic rings. The Morgan fingerprint density at radius 3 is 2.50 bits per heavy atom. The molecule has 10 nitrogen and oxygen atoms in total. The van der Waals surface area contributed by atoms with E-state index in [1.807, 2.05) is 41.0 Å². The van der Waals surface area contributed by atoms with Gasteiger partial charge in [-0.2, -0.15) is 0 Å². The molecule has 4 aromatic rings. The number of nitrogens with one attached hydrogen (secondary N) is 2. The summed E-state index contributed by atoms with van der Waals surface area (Å²) in [6.07, 6.45) is 0.946. The van der Waals surface area contributed by atoms with Crippen molar-refractivity contribution >= 4 is 27.3 Å². The van der Waals surface area contributed by atoms with Crippen LogP contribution in [0.5, 0.6) is 11.5 Å². The van der Waals surface area contributed by atoms with Crippen molar-refractivity contribution in [3.8, 4) is 11.5 Å². The number of aromatic nitrogens is 1. The van der Waals surface area contributed by atoms with Gasteiger partial charge in [-0.15, -0.1) is 0 Å². The third kappa shape index (κ3) is 5.87. The lowest BCUT2D eigenvalue weighted by Crippen LogP contribution is -2.47. The number of carbonyl (C=O) groups excluding carboxylic acids is 1. The fourth-order valence-electron chi connectivity index (χ4n) is 6.20. The van der Waals surface area contributed by atoms with E-state index >= 15 is 0 Å². The molecular formula is C33H34N4O6S. The highest BCUT2D eigenvalue weighted by Crippen LogP contribution is 2.40. The van der Waals surface area contributed by atoms with Crippen LogP contribution in [0.25, 0.3) is 0 Å². The van der Waals surface area contributed by atoms with Crippen molar-refractivity contribution < 1.29 is 22.7 Å². The molecular weight excluding hydrogens is 580 g/mol. The second kappa shape index (κ2) is 12.1.